The molecule has 25 heteroatoms. The molecule has 9 rings (SSSR count). The Balaban J connectivity index is 0.648. The van der Waals surface area contributed by atoms with Crippen LogP contribution in [-0.4, -0.2) is 168 Å². The van der Waals surface area contributed by atoms with Crippen LogP contribution >= 0.6 is 0 Å². The Morgan fingerprint density at radius 1 is 0.763 bits per heavy atom. The van der Waals surface area contributed by atoms with E-state index >= 15 is 0 Å². The molecule has 6 aliphatic carbocycles. The summed E-state index contributed by atoms with van der Waals surface area (Å²) in [5.74, 6) is 6.23. The van der Waals surface area contributed by atoms with Gasteiger partial charge >= 0.3 is 18.2 Å². The average Bonchev–Trinajstić information content (AvgIpc) is 1.54. The number of benzene rings is 2. The van der Waals surface area contributed by atoms with Gasteiger partial charge in [0.25, 0.3) is 0 Å². The Morgan fingerprint density at radius 2 is 1.42 bits per heavy atom. The molecule has 0 spiro atoms. The maximum atomic E-state index is 14.8. The summed E-state index contributed by atoms with van der Waals surface area (Å²) in [5.41, 5.74) is 5.15. The molecule has 2 aromatic carbocycles. The minimum atomic E-state index is -1.34. The van der Waals surface area contributed by atoms with E-state index in [-0.39, 0.29) is 94.1 Å². The number of Topliss-reactive ketones (excluding diaryl/α,β-unsaturated/α-hetero) is 1. The van der Waals surface area contributed by atoms with E-state index < -0.39 is 83.0 Å². The number of nitrogens with two attached hydrogens (primary N) is 1. The Labute approximate surface area is 568 Å². The first-order valence-electron chi connectivity index (χ1n) is 34.6. The van der Waals surface area contributed by atoms with Crippen LogP contribution in [0.4, 0.5) is 25.8 Å². The predicted molar refractivity (Wildman–Crippen MR) is 356 cm³/mol. The smallest absolute Gasteiger partial charge is 0.411 e. The lowest BCUT2D eigenvalue weighted by Crippen LogP contribution is -2.63. The second-order valence-electron chi connectivity index (χ2n) is 27.2. The zero-order valence-corrected chi connectivity index (χ0v) is 56.6. The molecule has 1 aliphatic heterocycles. The standard InChI is InChI=1S/C72H99N7O18/c1-6-12-62-96-60-40-56-54-25-18-47-39-50(80)26-28-70(47,4)63(54)58(81)41-71(56,5)72(60,97-62)59(82)44-93-51-23-21-49(22-24-51)77-69(88)94-42-46-16-19-48(20-17-46)76-65(84)57(15-11-29-74-67(73)86)78-66(85)64(45(2)3)79-61(83)27-31-89-33-35-91-37-38-92-36-34-90-32-30-75-68(87)95-43-55-52-13-9-7-8-10-14-53(52)55/h16-17,19-24,26,28,39,45,52-58,60,62-64,81H,6,9-15,18,25,27,29-38,40-44H2,1-5H3,(H,75,87)(H,76,84)(H,77,88)(H,78,85)(H,79,83)(H3,73,74,86)/t52?,53?,54-,55?,56-,57-,58-,60+,62?,63+,64-,70-,71-,72+/m0/s1. The number of anilines is 2. The average molecular weight is 1350 g/mol. The molecule has 3 unspecified atom stereocenters. The van der Waals surface area contributed by atoms with E-state index in [2.05, 4.69) is 57.6 Å². The number of nitrogens with one attached hydrogen (secondary N) is 6. The number of aliphatic hydroxyl groups is 1. The zero-order chi connectivity index (χ0) is 69.1. The molecule has 5 fully saturated rings. The van der Waals surface area contributed by atoms with Gasteiger partial charge < -0.3 is 80.1 Å². The topological polar surface area (TPSA) is 338 Å². The van der Waals surface area contributed by atoms with Crippen LogP contribution < -0.4 is 42.4 Å². The molecule has 0 bridgehead atoms. The zero-order valence-electron chi connectivity index (χ0n) is 56.6. The number of alkyl carbamates (subject to hydrolysis) is 1. The highest BCUT2D eigenvalue weighted by Crippen LogP contribution is 2.70. The van der Waals surface area contributed by atoms with Crippen LogP contribution in [0.15, 0.2) is 72.3 Å². The van der Waals surface area contributed by atoms with Crippen molar-refractivity contribution in [3.05, 3.63) is 77.9 Å². The van der Waals surface area contributed by atoms with Crippen LogP contribution in [-0.2, 0) is 68.5 Å². The van der Waals surface area contributed by atoms with Gasteiger partial charge in [0.05, 0.1) is 71.7 Å². The van der Waals surface area contributed by atoms with E-state index in [0.29, 0.717) is 106 Å². The molecule has 7 amide bonds. The molecule has 9 N–H and O–H groups in total. The number of rotatable bonds is 36. The number of primary amides is 1. The Hall–Kier alpha value is -7.44. The van der Waals surface area contributed by atoms with E-state index in [0.717, 1.165) is 50.5 Å². The summed E-state index contributed by atoms with van der Waals surface area (Å²) < 4.78 is 52.6. The van der Waals surface area contributed by atoms with Crippen molar-refractivity contribution in [1.82, 2.24) is 21.3 Å². The van der Waals surface area contributed by atoms with Gasteiger partial charge in [0.2, 0.25) is 23.5 Å². The molecular formula is C72H99N7O18. The summed E-state index contributed by atoms with van der Waals surface area (Å²) in [5, 5.41) is 28.3. The van der Waals surface area contributed by atoms with Crippen LogP contribution in [0, 0.1) is 64.1 Å². The lowest BCUT2D eigenvalue weighted by Gasteiger charge is -2.59. The van der Waals surface area contributed by atoms with Gasteiger partial charge in [0.1, 0.15) is 31.0 Å². The van der Waals surface area contributed by atoms with E-state index in [9.17, 15) is 43.5 Å². The maximum Gasteiger partial charge on any atom is 0.411 e. The molecule has 0 radical (unpaired) electrons. The molecule has 4 saturated carbocycles. The number of allylic oxidation sites excluding steroid dienone is 4. The monoisotopic (exact) mass is 1350 g/mol. The van der Waals surface area contributed by atoms with Gasteiger partial charge in [-0.15, -0.1) is 11.8 Å². The molecule has 7 aliphatic rings. The molecule has 2 aromatic rings. The van der Waals surface area contributed by atoms with Crippen LogP contribution in [0.1, 0.15) is 124 Å². The number of urea groups is 1. The predicted octanol–water partition coefficient (Wildman–Crippen LogP) is 7.19. The van der Waals surface area contributed by atoms with Crippen molar-refractivity contribution in [2.24, 2.45) is 58.0 Å². The molecule has 1 saturated heterocycles. The lowest BCUT2D eigenvalue weighted by molar-refractivity contribution is -0.200. The van der Waals surface area contributed by atoms with Crippen molar-refractivity contribution >= 4 is 58.9 Å². The summed E-state index contributed by atoms with van der Waals surface area (Å²) in [6, 6.07) is 10.3. The van der Waals surface area contributed by atoms with Gasteiger partial charge in [-0.05, 0) is 147 Å². The maximum absolute atomic E-state index is 14.8. The largest absolute Gasteiger partial charge is 0.486 e. The second-order valence-corrected chi connectivity index (χ2v) is 27.2. The number of carbonyl (C=O) groups is 8. The van der Waals surface area contributed by atoms with Crippen molar-refractivity contribution in [1.29, 1.82) is 0 Å². The second kappa shape index (κ2) is 34.9. The molecule has 13 atom stereocenters. The molecular weight excluding hydrogens is 1250 g/mol. The molecule has 25 nitrogen and oxygen atoms in total. The third-order valence-corrected chi connectivity index (χ3v) is 20.5. The number of carbonyl (C=O) groups excluding carboxylic acids is 8. The first kappa shape index (κ1) is 73.8. The van der Waals surface area contributed by atoms with E-state index in [4.69, 9.17) is 48.4 Å². The minimum Gasteiger partial charge on any atom is -0.486 e. The fourth-order valence-electron chi connectivity index (χ4n) is 15.6. The SMILES string of the molecule is CCCC1O[C@@H]2C[C@H]3[C@@H]4CCC5=CC(=O)C=C[C@]5(C)[C@H]4[C@@H](O)C[C@]3(C)[C@]2(C(=O)COc2ccc(NC(=O)OCc3ccc(NC(=O)[C@H](CCCNC(N)=O)NC(=O)[C@@H](NC(=O)CCOCCOCCOCCOCCNC(=O)OCC4C5CCC#CCCC54)C(C)C)cc3)cc2)O1. The van der Waals surface area contributed by atoms with Gasteiger partial charge in [-0.25, -0.2) is 14.4 Å². The minimum absolute atomic E-state index is 0.0245. The quantitative estimate of drug-likeness (QED) is 0.0247. The number of hydrogen-bond donors (Lipinski definition) is 8. The Bertz CT molecular complexity index is 3170. The number of fused-ring (bicyclic) bond motifs is 8. The van der Waals surface area contributed by atoms with Gasteiger partial charge in [-0.2, -0.15) is 0 Å². The first-order valence-corrected chi connectivity index (χ1v) is 34.6. The first-order chi connectivity index (χ1) is 46.7. The normalized spacial score (nSPS) is 27.8. The summed E-state index contributed by atoms with van der Waals surface area (Å²) in [7, 11) is 0. The number of ether oxygens (including phenoxy) is 9. The molecule has 530 valence electrons. The van der Waals surface area contributed by atoms with Gasteiger partial charge in [0.15, 0.2) is 17.7 Å². The van der Waals surface area contributed by atoms with Gasteiger partial charge in [-0.3, -0.25) is 29.3 Å². The third kappa shape index (κ3) is 19.1. The summed E-state index contributed by atoms with van der Waals surface area (Å²) >= 11 is 0. The van der Waals surface area contributed by atoms with Crippen molar-refractivity contribution in [3.63, 3.8) is 0 Å². The van der Waals surface area contributed by atoms with Crippen molar-refractivity contribution < 1.29 is 86.1 Å². The van der Waals surface area contributed by atoms with E-state index in [1.54, 1.807) is 74.5 Å². The number of ketones is 2. The van der Waals surface area contributed by atoms with E-state index in [1.807, 2.05) is 13.0 Å². The Kier molecular flexibility index (Phi) is 26.5. The lowest BCUT2D eigenvalue weighted by atomic mass is 9.46. The van der Waals surface area contributed by atoms with Crippen molar-refractivity contribution in [2.45, 2.75) is 161 Å². The van der Waals surface area contributed by atoms with Crippen molar-refractivity contribution in [3.8, 4) is 17.6 Å². The number of aliphatic hydroxyl groups excluding tert-OH is 1. The van der Waals surface area contributed by atoms with Gasteiger partial charge in [-0.1, -0.05) is 64.8 Å². The summed E-state index contributed by atoms with van der Waals surface area (Å²) in [6.07, 6.45) is 10.6. The fraction of sp³-hybridized carbons (Fsp3) is 0.639. The number of amides is 7. The molecule has 97 heavy (non-hydrogen) atoms. The highest BCUT2D eigenvalue weighted by molar-refractivity contribution is 6.01. The van der Waals surface area contributed by atoms with Crippen LogP contribution in [0.2, 0.25) is 0 Å². The van der Waals surface area contributed by atoms with Crippen molar-refractivity contribution in [2.75, 3.05) is 89.8 Å². The van der Waals surface area contributed by atoms with Crippen LogP contribution in [0.25, 0.3) is 0 Å². The van der Waals surface area contributed by atoms with Gasteiger partial charge in [0, 0.05) is 60.5 Å². The van der Waals surface area contributed by atoms with Crippen LogP contribution in [0.3, 0.4) is 0 Å². The van der Waals surface area contributed by atoms with E-state index in [1.165, 1.54) is 0 Å². The fourth-order valence-corrected chi connectivity index (χ4v) is 15.6. The third-order valence-electron chi connectivity index (χ3n) is 20.5. The molecule has 1 heterocycles. The number of hydrogen-bond acceptors (Lipinski definition) is 18. The van der Waals surface area contributed by atoms with Crippen LogP contribution in [0.5, 0.6) is 5.75 Å². The summed E-state index contributed by atoms with van der Waals surface area (Å²) in [6.45, 7) is 12.5. The molecule has 0 aromatic heterocycles. The highest BCUT2D eigenvalue weighted by Gasteiger charge is 2.76. The summed E-state index contributed by atoms with van der Waals surface area (Å²) in [4.78, 5) is 104. The Morgan fingerprint density at radius 3 is 2.09 bits per heavy atom. The highest BCUT2D eigenvalue weighted by atomic mass is 16.7.